The molecule has 10 heteroatoms. The average molecular weight is 429 g/mol. The Morgan fingerprint density at radius 1 is 1.23 bits per heavy atom. The SMILES string of the molecule is Cc1cccc2c(CCNc3nc(N4CCC(C(F)(F)F)C4)nc4[nH]ncc34)c[nH]c12. The van der Waals surface area contributed by atoms with Gasteiger partial charge in [-0.3, -0.25) is 5.10 Å². The third-order valence-electron chi connectivity index (χ3n) is 5.93. The molecule has 1 aliphatic heterocycles. The molecule has 1 saturated heterocycles. The van der Waals surface area contributed by atoms with Gasteiger partial charge in [0.1, 0.15) is 5.82 Å². The van der Waals surface area contributed by atoms with Gasteiger partial charge in [-0.15, -0.1) is 0 Å². The Bertz CT molecular complexity index is 1230. The number of fused-ring (bicyclic) bond motifs is 2. The van der Waals surface area contributed by atoms with E-state index in [1.807, 2.05) is 12.3 Å². The van der Waals surface area contributed by atoms with Crippen molar-refractivity contribution in [2.75, 3.05) is 29.9 Å². The van der Waals surface area contributed by atoms with Crippen LogP contribution in [0.1, 0.15) is 17.5 Å². The van der Waals surface area contributed by atoms with Crippen molar-refractivity contribution >= 4 is 33.7 Å². The molecule has 0 bridgehead atoms. The highest BCUT2D eigenvalue weighted by Gasteiger charge is 2.44. The summed E-state index contributed by atoms with van der Waals surface area (Å²) in [7, 11) is 0. The molecule has 0 amide bonds. The largest absolute Gasteiger partial charge is 0.393 e. The minimum atomic E-state index is -4.20. The molecule has 1 aromatic carbocycles. The zero-order valence-corrected chi connectivity index (χ0v) is 16.9. The maximum Gasteiger partial charge on any atom is 0.393 e. The van der Waals surface area contributed by atoms with Gasteiger partial charge in [-0.25, -0.2) is 0 Å². The van der Waals surface area contributed by atoms with Crippen LogP contribution >= 0.6 is 0 Å². The predicted octanol–water partition coefficient (Wildman–Crippen LogP) is 4.19. The van der Waals surface area contributed by atoms with Gasteiger partial charge >= 0.3 is 6.18 Å². The van der Waals surface area contributed by atoms with Crippen LogP contribution in [0.25, 0.3) is 21.9 Å². The number of rotatable bonds is 5. The van der Waals surface area contributed by atoms with E-state index < -0.39 is 12.1 Å². The van der Waals surface area contributed by atoms with Gasteiger partial charge in [-0.2, -0.15) is 28.2 Å². The summed E-state index contributed by atoms with van der Waals surface area (Å²) in [6.45, 7) is 2.83. The number of hydrogen-bond acceptors (Lipinski definition) is 5. The lowest BCUT2D eigenvalue weighted by Crippen LogP contribution is -2.28. The van der Waals surface area contributed by atoms with Crippen LogP contribution in [0, 0.1) is 12.8 Å². The minimum Gasteiger partial charge on any atom is -0.369 e. The normalized spacial score (nSPS) is 17.2. The molecule has 0 saturated carbocycles. The summed E-state index contributed by atoms with van der Waals surface area (Å²) in [5.74, 6) is -0.496. The van der Waals surface area contributed by atoms with Crippen LogP contribution in [0.15, 0.2) is 30.6 Å². The monoisotopic (exact) mass is 429 g/mol. The lowest BCUT2D eigenvalue weighted by Gasteiger charge is -2.18. The van der Waals surface area contributed by atoms with Crippen molar-refractivity contribution in [2.45, 2.75) is 25.9 Å². The fraction of sp³-hybridized carbons (Fsp3) is 0.381. The Morgan fingerprint density at radius 2 is 2.10 bits per heavy atom. The fourth-order valence-electron chi connectivity index (χ4n) is 4.19. The van der Waals surface area contributed by atoms with E-state index in [1.54, 1.807) is 11.1 Å². The molecule has 162 valence electrons. The number of alkyl halides is 3. The first-order valence-corrected chi connectivity index (χ1v) is 10.2. The quantitative estimate of drug-likeness (QED) is 0.443. The van der Waals surface area contributed by atoms with Crippen LogP contribution < -0.4 is 10.2 Å². The van der Waals surface area contributed by atoms with Crippen LogP contribution in [0.3, 0.4) is 0 Å². The highest BCUT2D eigenvalue weighted by atomic mass is 19.4. The Morgan fingerprint density at radius 3 is 2.90 bits per heavy atom. The summed E-state index contributed by atoms with van der Waals surface area (Å²) in [4.78, 5) is 13.8. The Balaban J connectivity index is 1.35. The van der Waals surface area contributed by atoms with Crippen LogP contribution in [-0.4, -0.2) is 51.0 Å². The fourth-order valence-corrected chi connectivity index (χ4v) is 4.19. The third kappa shape index (κ3) is 3.66. The summed E-state index contributed by atoms with van der Waals surface area (Å²) in [6, 6.07) is 6.20. The highest BCUT2D eigenvalue weighted by Crippen LogP contribution is 2.35. The first kappa shape index (κ1) is 19.7. The second-order valence-electron chi connectivity index (χ2n) is 7.97. The molecule has 0 aliphatic carbocycles. The summed E-state index contributed by atoms with van der Waals surface area (Å²) in [5.41, 5.74) is 4.02. The molecule has 0 spiro atoms. The predicted molar refractivity (Wildman–Crippen MR) is 113 cm³/mol. The van der Waals surface area contributed by atoms with Gasteiger partial charge < -0.3 is 15.2 Å². The highest BCUT2D eigenvalue weighted by molar-refractivity contribution is 5.87. The van der Waals surface area contributed by atoms with E-state index in [-0.39, 0.29) is 25.5 Å². The molecule has 4 aromatic rings. The van der Waals surface area contributed by atoms with Gasteiger partial charge in [0.25, 0.3) is 0 Å². The van der Waals surface area contributed by atoms with Crippen LogP contribution in [0.4, 0.5) is 24.9 Å². The zero-order chi connectivity index (χ0) is 21.6. The molecule has 4 heterocycles. The number of aromatic nitrogens is 5. The molecule has 0 radical (unpaired) electrons. The van der Waals surface area contributed by atoms with Gasteiger partial charge in [0.15, 0.2) is 5.65 Å². The molecular formula is C21H22F3N7. The van der Waals surface area contributed by atoms with Gasteiger partial charge in [0.2, 0.25) is 5.95 Å². The maximum absolute atomic E-state index is 13.1. The summed E-state index contributed by atoms with van der Waals surface area (Å²) >= 11 is 0. The van der Waals surface area contributed by atoms with Crippen molar-refractivity contribution < 1.29 is 13.2 Å². The number of benzene rings is 1. The number of aromatic amines is 2. The molecule has 1 unspecified atom stereocenters. The Hall–Kier alpha value is -3.30. The number of nitrogens with zero attached hydrogens (tertiary/aromatic N) is 4. The molecule has 5 rings (SSSR count). The first-order chi connectivity index (χ1) is 14.9. The minimum absolute atomic E-state index is 0.0522. The van der Waals surface area contributed by atoms with E-state index in [9.17, 15) is 13.2 Å². The number of aryl methyl sites for hydroxylation is 1. The smallest absolute Gasteiger partial charge is 0.369 e. The summed E-state index contributed by atoms with van der Waals surface area (Å²) < 4.78 is 39.2. The van der Waals surface area contributed by atoms with Crippen LogP contribution in [-0.2, 0) is 6.42 Å². The molecule has 1 aliphatic rings. The zero-order valence-electron chi connectivity index (χ0n) is 16.9. The molecule has 1 atom stereocenters. The number of halogens is 3. The molecular weight excluding hydrogens is 407 g/mol. The molecule has 3 aromatic heterocycles. The number of H-pyrrole nitrogens is 2. The maximum atomic E-state index is 13.1. The van der Waals surface area contributed by atoms with Gasteiger partial charge in [-0.1, -0.05) is 18.2 Å². The summed E-state index contributed by atoms with van der Waals surface area (Å²) in [6.07, 6.45) is 0.253. The number of nitrogens with one attached hydrogen (secondary N) is 3. The van der Waals surface area contributed by atoms with Gasteiger partial charge in [0, 0.05) is 36.7 Å². The molecule has 3 N–H and O–H groups in total. The molecule has 7 nitrogen and oxygen atoms in total. The number of anilines is 2. The lowest BCUT2D eigenvalue weighted by atomic mass is 10.1. The third-order valence-corrected chi connectivity index (χ3v) is 5.93. The van der Waals surface area contributed by atoms with Crippen LogP contribution in [0.5, 0.6) is 0 Å². The van der Waals surface area contributed by atoms with Crippen molar-refractivity contribution in [2.24, 2.45) is 5.92 Å². The number of hydrogen-bond donors (Lipinski definition) is 3. The van der Waals surface area contributed by atoms with Crippen LogP contribution in [0.2, 0.25) is 0 Å². The lowest BCUT2D eigenvalue weighted by molar-refractivity contribution is -0.168. The van der Waals surface area contributed by atoms with Crippen molar-refractivity contribution in [1.82, 2.24) is 25.1 Å². The topological polar surface area (TPSA) is 85.5 Å². The Labute approximate surface area is 176 Å². The van der Waals surface area contributed by atoms with Gasteiger partial charge in [0.05, 0.1) is 17.5 Å². The second kappa shape index (κ2) is 7.44. The van der Waals surface area contributed by atoms with E-state index in [0.717, 1.165) is 11.9 Å². The Kier molecular flexibility index (Phi) is 4.71. The summed E-state index contributed by atoms with van der Waals surface area (Å²) in [5, 5.41) is 12.1. The molecule has 1 fully saturated rings. The van der Waals surface area contributed by atoms with Crippen molar-refractivity contribution in [3.05, 3.63) is 41.7 Å². The average Bonchev–Trinajstić information content (AvgIpc) is 3.47. The van der Waals surface area contributed by atoms with Gasteiger partial charge in [-0.05, 0) is 30.9 Å². The van der Waals surface area contributed by atoms with E-state index in [2.05, 4.69) is 49.5 Å². The standard InChI is InChI=1S/C21H22F3N7/c1-12-3-2-4-15-13(9-26-17(12)15)5-7-25-18-16-10-27-30-19(16)29-20(28-18)31-8-6-14(11-31)21(22,23)24/h2-4,9-10,14,26H,5-8,11H2,1H3,(H2,25,27,28,29,30). The second-order valence-corrected chi connectivity index (χ2v) is 7.97. The van der Waals surface area contributed by atoms with E-state index in [4.69, 9.17) is 0 Å². The number of para-hydroxylation sites is 1. The first-order valence-electron chi connectivity index (χ1n) is 10.2. The molecule has 31 heavy (non-hydrogen) atoms. The van der Waals surface area contributed by atoms with Crippen molar-refractivity contribution in [3.8, 4) is 0 Å². The van der Waals surface area contributed by atoms with E-state index >= 15 is 0 Å². The van der Waals surface area contributed by atoms with E-state index in [1.165, 1.54) is 16.5 Å². The van der Waals surface area contributed by atoms with E-state index in [0.29, 0.717) is 23.4 Å². The van der Waals surface area contributed by atoms with Crippen molar-refractivity contribution in [1.29, 1.82) is 0 Å². The van der Waals surface area contributed by atoms with Crippen molar-refractivity contribution in [3.63, 3.8) is 0 Å².